The summed E-state index contributed by atoms with van der Waals surface area (Å²) in [7, 11) is 1.99. The van der Waals surface area contributed by atoms with Crippen LogP contribution in [0.5, 0.6) is 5.75 Å². The fourth-order valence-corrected chi connectivity index (χ4v) is 2.01. The summed E-state index contributed by atoms with van der Waals surface area (Å²) < 4.78 is 2.04. The lowest BCUT2D eigenvalue weighted by Gasteiger charge is -2.04. The molecule has 0 spiro atoms. The predicted octanol–water partition coefficient (Wildman–Crippen LogP) is 2.51. The van der Waals surface area contributed by atoms with Crippen LogP contribution >= 0.6 is 11.8 Å². The maximum atomic E-state index is 9.20. The highest BCUT2D eigenvalue weighted by Crippen LogP contribution is 2.24. The molecule has 0 saturated heterocycles. The molecule has 4 heteroatoms. The Hall–Kier alpha value is -1.42. The Morgan fingerprint density at radius 3 is 2.47 bits per heavy atom. The van der Waals surface area contributed by atoms with Gasteiger partial charge in [-0.15, -0.1) is 0 Å². The number of hydrogen-bond acceptors (Lipinski definition) is 3. The number of rotatable bonds is 2. The molecule has 2 aromatic rings. The van der Waals surface area contributed by atoms with Crippen molar-refractivity contribution in [2.24, 2.45) is 7.05 Å². The normalized spacial score (nSPS) is 10.5. The van der Waals surface area contributed by atoms with Gasteiger partial charge in [0.05, 0.1) is 11.9 Å². The lowest BCUT2D eigenvalue weighted by Crippen LogP contribution is -1.92. The first-order valence-corrected chi connectivity index (χ1v) is 5.80. The van der Waals surface area contributed by atoms with Crippen molar-refractivity contribution in [2.75, 3.05) is 6.26 Å². The van der Waals surface area contributed by atoms with E-state index in [1.807, 2.05) is 36.2 Å². The molecular weight excluding hydrogens is 208 g/mol. The zero-order valence-corrected chi connectivity index (χ0v) is 9.45. The molecular formula is C11H12N2OS. The Labute approximate surface area is 92.8 Å². The van der Waals surface area contributed by atoms with Crippen LogP contribution in [0, 0.1) is 0 Å². The van der Waals surface area contributed by atoms with Gasteiger partial charge in [0.2, 0.25) is 0 Å². The van der Waals surface area contributed by atoms with Crippen molar-refractivity contribution in [2.45, 2.75) is 5.16 Å². The topological polar surface area (TPSA) is 38.1 Å². The van der Waals surface area contributed by atoms with Crippen LogP contribution in [0.3, 0.4) is 0 Å². The van der Waals surface area contributed by atoms with Crippen LogP contribution in [0.15, 0.2) is 35.6 Å². The fourth-order valence-electron chi connectivity index (χ4n) is 1.48. The molecule has 1 heterocycles. The second-order valence-corrected chi connectivity index (χ2v) is 4.01. The van der Waals surface area contributed by atoms with Crippen LogP contribution in [0.1, 0.15) is 0 Å². The van der Waals surface area contributed by atoms with Gasteiger partial charge in [-0.3, -0.25) is 0 Å². The maximum absolute atomic E-state index is 9.20. The maximum Gasteiger partial charge on any atom is 0.167 e. The van der Waals surface area contributed by atoms with Crippen LogP contribution in [0.2, 0.25) is 0 Å². The summed E-state index contributed by atoms with van der Waals surface area (Å²) in [6.45, 7) is 0. The summed E-state index contributed by atoms with van der Waals surface area (Å²) in [5.74, 6) is 0.283. The highest BCUT2D eigenvalue weighted by Gasteiger charge is 2.06. The fraction of sp³-hybridized carbons (Fsp3) is 0.182. The molecule has 1 aromatic heterocycles. The van der Waals surface area contributed by atoms with E-state index in [2.05, 4.69) is 4.98 Å². The van der Waals surface area contributed by atoms with Gasteiger partial charge in [0.25, 0.3) is 0 Å². The summed E-state index contributed by atoms with van der Waals surface area (Å²) in [4.78, 5) is 4.30. The SMILES string of the molecule is CSc1ncc(-c2ccc(O)cc2)n1C. The van der Waals surface area contributed by atoms with E-state index in [-0.39, 0.29) is 5.75 Å². The first-order chi connectivity index (χ1) is 7.22. The Bertz CT molecular complexity index is 462. The monoisotopic (exact) mass is 220 g/mol. The number of benzene rings is 1. The van der Waals surface area contributed by atoms with E-state index in [1.54, 1.807) is 23.9 Å². The van der Waals surface area contributed by atoms with Gasteiger partial charge in [0.1, 0.15) is 5.75 Å². The average Bonchev–Trinajstić information content (AvgIpc) is 2.61. The molecule has 15 heavy (non-hydrogen) atoms. The van der Waals surface area contributed by atoms with Crippen LogP contribution in [0.25, 0.3) is 11.3 Å². The van der Waals surface area contributed by atoms with Crippen molar-refractivity contribution in [1.29, 1.82) is 0 Å². The van der Waals surface area contributed by atoms with E-state index in [0.717, 1.165) is 16.4 Å². The molecule has 1 aromatic carbocycles. The van der Waals surface area contributed by atoms with Crippen molar-refractivity contribution < 1.29 is 5.11 Å². The highest BCUT2D eigenvalue weighted by molar-refractivity contribution is 7.98. The molecule has 0 aliphatic rings. The molecule has 0 unspecified atom stereocenters. The van der Waals surface area contributed by atoms with Crippen LogP contribution in [-0.4, -0.2) is 20.9 Å². The first-order valence-electron chi connectivity index (χ1n) is 4.57. The summed E-state index contributed by atoms with van der Waals surface area (Å²) >= 11 is 1.62. The van der Waals surface area contributed by atoms with Gasteiger partial charge in [-0.05, 0) is 30.5 Å². The largest absolute Gasteiger partial charge is 0.508 e. The number of nitrogens with zero attached hydrogens (tertiary/aromatic N) is 2. The van der Waals surface area contributed by atoms with E-state index in [9.17, 15) is 5.11 Å². The molecule has 78 valence electrons. The number of phenols is 1. The third kappa shape index (κ3) is 1.85. The number of aromatic hydroxyl groups is 1. The van der Waals surface area contributed by atoms with E-state index < -0.39 is 0 Å². The Balaban J connectivity index is 2.45. The molecule has 0 atom stereocenters. The summed E-state index contributed by atoms with van der Waals surface area (Å²) in [5.41, 5.74) is 2.11. The second-order valence-electron chi connectivity index (χ2n) is 3.24. The summed E-state index contributed by atoms with van der Waals surface area (Å²) in [6.07, 6.45) is 3.85. The zero-order valence-electron chi connectivity index (χ0n) is 8.64. The Kier molecular flexibility index (Phi) is 2.68. The molecule has 0 radical (unpaired) electrons. The van der Waals surface area contributed by atoms with Gasteiger partial charge in [0.15, 0.2) is 5.16 Å². The molecule has 0 amide bonds. The van der Waals surface area contributed by atoms with Crippen molar-refractivity contribution in [3.8, 4) is 17.0 Å². The Morgan fingerprint density at radius 2 is 1.93 bits per heavy atom. The summed E-state index contributed by atoms with van der Waals surface area (Å²) in [5, 5.41) is 10.2. The Morgan fingerprint density at radius 1 is 1.27 bits per heavy atom. The third-order valence-corrected chi connectivity index (χ3v) is 3.04. The molecule has 0 bridgehead atoms. The predicted molar refractivity (Wildman–Crippen MR) is 62.1 cm³/mol. The smallest absolute Gasteiger partial charge is 0.167 e. The van der Waals surface area contributed by atoms with Gasteiger partial charge in [-0.1, -0.05) is 11.8 Å². The highest BCUT2D eigenvalue weighted by atomic mass is 32.2. The van der Waals surface area contributed by atoms with Crippen LogP contribution in [-0.2, 0) is 7.05 Å². The standard InChI is InChI=1S/C11H12N2OS/c1-13-10(7-12-11(13)15-2)8-3-5-9(14)6-4-8/h3-7,14H,1-2H3. The third-order valence-electron chi connectivity index (χ3n) is 2.29. The number of thioether (sulfide) groups is 1. The van der Waals surface area contributed by atoms with E-state index >= 15 is 0 Å². The lowest BCUT2D eigenvalue weighted by atomic mass is 10.1. The molecule has 0 fully saturated rings. The zero-order chi connectivity index (χ0) is 10.8. The number of phenolic OH excluding ortho intramolecular Hbond substituents is 1. The lowest BCUT2D eigenvalue weighted by molar-refractivity contribution is 0.475. The molecule has 3 nitrogen and oxygen atoms in total. The first kappa shape index (κ1) is 10.1. The number of hydrogen-bond donors (Lipinski definition) is 1. The van der Waals surface area contributed by atoms with Crippen LogP contribution < -0.4 is 0 Å². The van der Waals surface area contributed by atoms with Crippen LogP contribution in [0.4, 0.5) is 0 Å². The number of imidazole rings is 1. The molecule has 2 rings (SSSR count). The van der Waals surface area contributed by atoms with Crippen molar-refractivity contribution in [3.05, 3.63) is 30.5 Å². The minimum Gasteiger partial charge on any atom is -0.508 e. The van der Waals surface area contributed by atoms with Gasteiger partial charge in [0, 0.05) is 12.6 Å². The summed E-state index contributed by atoms with van der Waals surface area (Å²) in [6, 6.07) is 7.13. The quantitative estimate of drug-likeness (QED) is 0.790. The average molecular weight is 220 g/mol. The molecule has 0 aliphatic heterocycles. The van der Waals surface area contributed by atoms with E-state index in [1.165, 1.54) is 0 Å². The van der Waals surface area contributed by atoms with Gasteiger partial charge >= 0.3 is 0 Å². The second kappa shape index (κ2) is 3.98. The van der Waals surface area contributed by atoms with Crippen molar-refractivity contribution in [3.63, 3.8) is 0 Å². The number of aromatic nitrogens is 2. The minimum absolute atomic E-state index is 0.283. The van der Waals surface area contributed by atoms with E-state index in [0.29, 0.717) is 0 Å². The van der Waals surface area contributed by atoms with Gasteiger partial charge < -0.3 is 9.67 Å². The van der Waals surface area contributed by atoms with Gasteiger partial charge in [-0.2, -0.15) is 0 Å². The van der Waals surface area contributed by atoms with E-state index in [4.69, 9.17) is 0 Å². The van der Waals surface area contributed by atoms with Crippen molar-refractivity contribution in [1.82, 2.24) is 9.55 Å². The van der Waals surface area contributed by atoms with Gasteiger partial charge in [-0.25, -0.2) is 4.98 Å². The molecule has 0 saturated carbocycles. The minimum atomic E-state index is 0.283. The molecule has 1 N–H and O–H groups in total. The molecule has 0 aliphatic carbocycles. The van der Waals surface area contributed by atoms with Crippen molar-refractivity contribution >= 4 is 11.8 Å².